The summed E-state index contributed by atoms with van der Waals surface area (Å²) in [6, 6.07) is 24.2. The summed E-state index contributed by atoms with van der Waals surface area (Å²) in [7, 11) is 0. The molecule has 0 radical (unpaired) electrons. The fraction of sp³-hybridized carbons (Fsp3) is 0.107. The highest BCUT2D eigenvalue weighted by Gasteiger charge is 2.10. The lowest BCUT2D eigenvalue weighted by molar-refractivity contribution is -0.120. The molecule has 0 saturated heterocycles. The molecule has 0 aliphatic heterocycles. The first-order chi connectivity index (χ1) is 17.9. The highest BCUT2D eigenvalue weighted by Crippen LogP contribution is 2.27. The molecule has 0 spiro atoms. The lowest BCUT2D eigenvalue weighted by Crippen LogP contribution is -2.29. The van der Waals surface area contributed by atoms with Gasteiger partial charge in [-0.15, -0.1) is 0 Å². The van der Waals surface area contributed by atoms with Crippen molar-refractivity contribution in [3.8, 4) is 5.75 Å². The molecule has 37 heavy (non-hydrogen) atoms. The summed E-state index contributed by atoms with van der Waals surface area (Å²) in [5.41, 5.74) is 4.65. The number of ether oxygens (including phenoxy) is 1. The number of amides is 2. The van der Waals surface area contributed by atoms with E-state index in [4.69, 9.17) is 27.9 Å². The highest BCUT2D eigenvalue weighted by molar-refractivity contribution is 9.10. The molecule has 2 N–H and O–H groups in total. The molecule has 4 rings (SSSR count). The van der Waals surface area contributed by atoms with Crippen LogP contribution in [0.2, 0.25) is 10.0 Å². The summed E-state index contributed by atoms with van der Waals surface area (Å²) < 4.78 is 7.09. The second-order valence-corrected chi connectivity index (χ2v) is 9.77. The average Bonchev–Trinajstić information content (AvgIpc) is 2.90. The third-order valence-corrected chi connectivity index (χ3v) is 6.71. The second-order valence-electron chi connectivity index (χ2n) is 8.04. The zero-order valence-electron chi connectivity index (χ0n) is 19.5. The van der Waals surface area contributed by atoms with Gasteiger partial charge in [0.05, 0.1) is 16.3 Å². The molecule has 0 heterocycles. The van der Waals surface area contributed by atoms with Crippen molar-refractivity contribution in [1.82, 2.24) is 10.7 Å². The Balaban J connectivity index is 1.37. The van der Waals surface area contributed by atoms with E-state index < -0.39 is 0 Å². The number of nitrogens with zero attached hydrogens (tertiary/aromatic N) is 1. The fourth-order valence-corrected chi connectivity index (χ4v) is 4.09. The summed E-state index contributed by atoms with van der Waals surface area (Å²) in [6.45, 7) is 0.521. The van der Waals surface area contributed by atoms with E-state index in [1.165, 1.54) is 6.07 Å². The van der Waals surface area contributed by atoms with Gasteiger partial charge in [-0.2, -0.15) is 5.10 Å². The highest BCUT2D eigenvalue weighted by atomic mass is 79.9. The normalized spacial score (nSPS) is 11.0. The predicted molar refractivity (Wildman–Crippen MR) is 152 cm³/mol. The van der Waals surface area contributed by atoms with E-state index in [1.54, 1.807) is 18.3 Å². The maximum absolute atomic E-state index is 12.3. The number of hydrazone groups is 1. The minimum absolute atomic E-state index is 0.0485. The number of fused-ring (bicyclic) bond motifs is 1. The topological polar surface area (TPSA) is 79.8 Å². The van der Waals surface area contributed by atoms with E-state index in [1.807, 2.05) is 60.7 Å². The van der Waals surface area contributed by atoms with Gasteiger partial charge in [0.15, 0.2) is 0 Å². The largest absolute Gasteiger partial charge is 0.488 e. The van der Waals surface area contributed by atoms with Gasteiger partial charge in [0.25, 0.3) is 5.91 Å². The van der Waals surface area contributed by atoms with Crippen molar-refractivity contribution in [1.29, 1.82) is 0 Å². The van der Waals surface area contributed by atoms with Crippen molar-refractivity contribution >= 4 is 67.9 Å². The van der Waals surface area contributed by atoms with Crippen LogP contribution in [-0.2, 0) is 11.4 Å². The van der Waals surface area contributed by atoms with Crippen molar-refractivity contribution < 1.29 is 14.3 Å². The van der Waals surface area contributed by atoms with Gasteiger partial charge >= 0.3 is 0 Å². The van der Waals surface area contributed by atoms with Crippen LogP contribution in [-0.4, -0.2) is 24.6 Å². The van der Waals surface area contributed by atoms with Gasteiger partial charge < -0.3 is 10.1 Å². The molecule has 188 valence electrons. The first-order valence-corrected chi connectivity index (χ1v) is 12.9. The zero-order valence-corrected chi connectivity index (χ0v) is 22.6. The van der Waals surface area contributed by atoms with Crippen molar-refractivity contribution in [2.24, 2.45) is 5.10 Å². The standard InChI is InChI=1S/C28H22BrCl2N3O3/c29-21-9-5-18(6-10-21)17-37-26-12-8-19-3-1-2-4-22(19)23(26)16-33-34-27(35)13-14-32-28(36)20-7-11-24(30)25(31)15-20/h1-12,15-16H,13-14,17H2,(H,32,36)(H,34,35). The van der Waals surface area contributed by atoms with Gasteiger partial charge in [-0.25, -0.2) is 5.43 Å². The van der Waals surface area contributed by atoms with Crippen LogP contribution in [0.3, 0.4) is 0 Å². The molecule has 0 bridgehead atoms. The maximum atomic E-state index is 12.3. The minimum Gasteiger partial charge on any atom is -0.488 e. The Labute approximate surface area is 232 Å². The molecule has 0 aromatic heterocycles. The Hall–Kier alpha value is -3.39. The van der Waals surface area contributed by atoms with E-state index in [0.29, 0.717) is 22.9 Å². The fourth-order valence-electron chi connectivity index (χ4n) is 3.53. The van der Waals surface area contributed by atoms with E-state index in [9.17, 15) is 9.59 Å². The maximum Gasteiger partial charge on any atom is 0.251 e. The number of carbonyl (C=O) groups is 2. The Morgan fingerprint density at radius 2 is 1.73 bits per heavy atom. The number of rotatable bonds is 9. The van der Waals surface area contributed by atoms with Gasteiger partial charge in [0, 0.05) is 28.6 Å². The predicted octanol–water partition coefficient (Wildman–Crippen LogP) is 6.76. The third kappa shape index (κ3) is 7.32. The Morgan fingerprint density at radius 3 is 2.51 bits per heavy atom. The average molecular weight is 599 g/mol. The smallest absolute Gasteiger partial charge is 0.251 e. The van der Waals surface area contributed by atoms with Gasteiger partial charge in [-0.3, -0.25) is 9.59 Å². The zero-order chi connectivity index (χ0) is 26.2. The molecule has 6 nitrogen and oxygen atoms in total. The SMILES string of the molecule is O=C(CCNC(=O)c1ccc(Cl)c(Cl)c1)NN=Cc1c(OCc2ccc(Br)cc2)ccc2ccccc12. The molecule has 0 unspecified atom stereocenters. The quantitative estimate of drug-likeness (QED) is 0.165. The monoisotopic (exact) mass is 597 g/mol. The molecule has 4 aromatic rings. The summed E-state index contributed by atoms with van der Waals surface area (Å²) in [5, 5.41) is 9.44. The summed E-state index contributed by atoms with van der Waals surface area (Å²) in [4.78, 5) is 24.5. The van der Waals surface area contributed by atoms with Gasteiger partial charge in [-0.1, -0.05) is 81.6 Å². The molecule has 0 aliphatic rings. The van der Waals surface area contributed by atoms with Crippen LogP contribution in [0, 0.1) is 0 Å². The van der Waals surface area contributed by atoms with Crippen LogP contribution in [0.4, 0.5) is 0 Å². The first-order valence-electron chi connectivity index (χ1n) is 11.3. The third-order valence-electron chi connectivity index (χ3n) is 5.44. The van der Waals surface area contributed by atoms with Crippen LogP contribution in [0.5, 0.6) is 5.75 Å². The van der Waals surface area contributed by atoms with E-state index in [2.05, 4.69) is 31.8 Å². The van der Waals surface area contributed by atoms with E-state index >= 15 is 0 Å². The van der Waals surface area contributed by atoms with Crippen LogP contribution in [0.1, 0.15) is 27.9 Å². The van der Waals surface area contributed by atoms with Crippen LogP contribution < -0.4 is 15.5 Å². The Bertz CT molecular complexity index is 1460. The minimum atomic E-state index is -0.349. The number of halogens is 3. The first kappa shape index (κ1) is 26.7. The molecule has 0 saturated carbocycles. The molecule has 0 atom stereocenters. The molecule has 4 aromatic carbocycles. The molecule has 0 aliphatic carbocycles. The number of benzene rings is 4. The number of hydrogen-bond donors (Lipinski definition) is 2. The van der Waals surface area contributed by atoms with Crippen molar-refractivity contribution in [3.05, 3.63) is 110 Å². The summed E-state index contributed by atoms with van der Waals surface area (Å²) >= 11 is 15.3. The van der Waals surface area contributed by atoms with Gasteiger partial charge in [0.2, 0.25) is 5.91 Å². The molecule has 9 heteroatoms. The van der Waals surface area contributed by atoms with Crippen LogP contribution in [0.25, 0.3) is 10.8 Å². The molecular formula is C28H22BrCl2N3O3. The lowest BCUT2D eigenvalue weighted by atomic mass is 10.0. The summed E-state index contributed by atoms with van der Waals surface area (Å²) in [5.74, 6) is -0.0463. The van der Waals surface area contributed by atoms with Crippen molar-refractivity contribution in [3.63, 3.8) is 0 Å². The van der Waals surface area contributed by atoms with Crippen molar-refractivity contribution in [2.75, 3.05) is 6.54 Å². The lowest BCUT2D eigenvalue weighted by Gasteiger charge is -2.12. The van der Waals surface area contributed by atoms with E-state index in [-0.39, 0.29) is 29.8 Å². The Morgan fingerprint density at radius 1 is 0.946 bits per heavy atom. The number of hydrogen-bond acceptors (Lipinski definition) is 4. The number of nitrogens with one attached hydrogen (secondary N) is 2. The van der Waals surface area contributed by atoms with E-state index in [0.717, 1.165) is 26.4 Å². The Kier molecular flexibility index (Phi) is 9.17. The molecular weight excluding hydrogens is 577 g/mol. The summed E-state index contributed by atoms with van der Waals surface area (Å²) in [6.07, 6.45) is 1.62. The molecule has 0 fully saturated rings. The van der Waals surface area contributed by atoms with Crippen LogP contribution in [0.15, 0.2) is 88.4 Å². The number of carbonyl (C=O) groups excluding carboxylic acids is 2. The van der Waals surface area contributed by atoms with Crippen LogP contribution >= 0.6 is 39.1 Å². The second kappa shape index (κ2) is 12.7. The van der Waals surface area contributed by atoms with Crippen molar-refractivity contribution in [2.45, 2.75) is 13.0 Å². The molecule has 2 amide bonds. The van der Waals surface area contributed by atoms with Gasteiger partial charge in [-0.05, 0) is 52.7 Å². The van der Waals surface area contributed by atoms with Gasteiger partial charge in [0.1, 0.15) is 12.4 Å².